The van der Waals surface area contributed by atoms with Crippen LogP contribution in [0.4, 0.5) is 0 Å². The fourth-order valence-electron chi connectivity index (χ4n) is 1.51. The molecule has 0 aliphatic carbocycles. The smallest absolute Gasteiger partial charge is 0.317 e. The van der Waals surface area contributed by atoms with Crippen LogP contribution in [0.1, 0.15) is 39.7 Å². The lowest BCUT2D eigenvalue weighted by Crippen LogP contribution is -2.19. The lowest BCUT2D eigenvalue weighted by atomic mass is 10.4. The fraction of sp³-hybridized carbons (Fsp3) is 0.818. The van der Waals surface area contributed by atoms with E-state index in [4.69, 9.17) is 0 Å². The van der Waals surface area contributed by atoms with Crippen molar-refractivity contribution >= 4 is 11.8 Å². The summed E-state index contributed by atoms with van der Waals surface area (Å²) in [6.45, 7) is 8.24. The van der Waals surface area contributed by atoms with Gasteiger partial charge in [0, 0.05) is 11.8 Å². The van der Waals surface area contributed by atoms with E-state index in [0.717, 1.165) is 30.4 Å². The van der Waals surface area contributed by atoms with Gasteiger partial charge in [-0.1, -0.05) is 18.7 Å². The normalized spacial score (nSPS) is 11.3. The molecule has 0 radical (unpaired) electrons. The van der Waals surface area contributed by atoms with Crippen molar-refractivity contribution in [2.75, 3.05) is 18.8 Å². The van der Waals surface area contributed by atoms with E-state index >= 15 is 0 Å². The second-order valence-electron chi connectivity index (χ2n) is 4.23. The van der Waals surface area contributed by atoms with Gasteiger partial charge in [0.1, 0.15) is 0 Å². The Morgan fingerprint density at radius 1 is 1.47 bits per heavy atom. The third-order valence-corrected chi connectivity index (χ3v) is 3.38. The zero-order valence-corrected chi connectivity index (χ0v) is 11.6. The number of nitrogens with zero attached hydrogens (tertiary/aromatic N) is 2. The molecule has 0 saturated carbocycles. The van der Waals surface area contributed by atoms with Crippen LogP contribution in [0.25, 0.3) is 0 Å². The molecule has 0 spiro atoms. The number of nitrogens with one attached hydrogen (secondary N) is 2. The van der Waals surface area contributed by atoms with Crippen LogP contribution in [0, 0.1) is 0 Å². The minimum Gasteiger partial charge on any atom is -0.317 e. The molecule has 0 amide bonds. The highest BCUT2D eigenvalue weighted by Gasteiger charge is 2.10. The summed E-state index contributed by atoms with van der Waals surface area (Å²) in [5.41, 5.74) is -0.119. The average Bonchev–Trinajstić information content (AvgIpc) is 2.65. The topological polar surface area (TPSA) is 62.7 Å². The first-order valence-corrected chi connectivity index (χ1v) is 7.15. The van der Waals surface area contributed by atoms with E-state index < -0.39 is 0 Å². The highest BCUT2D eigenvalue weighted by atomic mass is 32.2. The van der Waals surface area contributed by atoms with E-state index in [1.165, 1.54) is 6.42 Å². The summed E-state index contributed by atoms with van der Waals surface area (Å²) in [6, 6.07) is 0.155. The Morgan fingerprint density at radius 2 is 2.24 bits per heavy atom. The fourth-order valence-corrected chi connectivity index (χ4v) is 2.52. The van der Waals surface area contributed by atoms with Gasteiger partial charge in [0.25, 0.3) is 0 Å². The molecular weight excluding hydrogens is 236 g/mol. The third-order valence-electron chi connectivity index (χ3n) is 2.34. The molecule has 2 N–H and O–H groups in total. The predicted molar refractivity (Wildman–Crippen MR) is 71.7 cm³/mol. The molecule has 0 unspecified atom stereocenters. The SMILES string of the molecule is CCCNCCCSc1n[nH]c(=O)n1C(C)C. The maximum atomic E-state index is 11.5. The number of H-pyrrole nitrogens is 1. The molecular formula is C11H22N4OS. The van der Waals surface area contributed by atoms with Gasteiger partial charge in [-0.15, -0.1) is 5.10 Å². The van der Waals surface area contributed by atoms with Crippen LogP contribution < -0.4 is 11.0 Å². The van der Waals surface area contributed by atoms with Crippen molar-refractivity contribution in [3.63, 3.8) is 0 Å². The van der Waals surface area contributed by atoms with Crippen LogP contribution in [-0.2, 0) is 0 Å². The van der Waals surface area contributed by atoms with Gasteiger partial charge in [-0.2, -0.15) is 0 Å². The van der Waals surface area contributed by atoms with Crippen molar-refractivity contribution in [1.82, 2.24) is 20.1 Å². The lowest BCUT2D eigenvalue weighted by Gasteiger charge is -2.08. The largest absolute Gasteiger partial charge is 0.344 e. The number of hydrogen-bond acceptors (Lipinski definition) is 4. The molecule has 0 fully saturated rings. The molecule has 5 nitrogen and oxygen atoms in total. The summed E-state index contributed by atoms with van der Waals surface area (Å²) < 4.78 is 1.70. The first-order chi connectivity index (χ1) is 8.16. The van der Waals surface area contributed by atoms with Gasteiger partial charge < -0.3 is 5.32 Å². The van der Waals surface area contributed by atoms with Crippen LogP contribution >= 0.6 is 11.8 Å². The Morgan fingerprint density at radius 3 is 2.88 bits per heavy atom. The van der Waals surface area contributed by atoms with Crippen LogP contribution in [0.2, 0.25) is 0 Å². The van der Waals surface area contributed by atoms with Gasteiger partial charge in [0.2, 0.25) is 0 Å². The second kappa shape index (κ2) is 7.55. The molecule has 0 saturated heterocycles. The zero-order chi connectivity index (χ0) is 12.7. The van der Waals surface area contributed by atoms with Gasteiger partial charge in [-0.05, 0) is 39.8 Å². The molecule has 0 atom stereocenters. The average molecular weight is 258 g/mol. The van der Waals surface area contributed by atoms with E-state index in [1.54, 1.807) is 16.3 Å². The maximum absolute atomic E-state index is 11.5. The summed E-state index contributed by atoms with van der Waals surface area (Å²) >= 11 is 1.63. The Kier molecular flexibility index (Phi) is 6.36. The van der Waals surface area contributed by atoms with Gasteiger partial charge in [0.15, 0.2) is 5.16 Å². The van der Waals surface area contributed by atoms with Gasteiger partial charge in [-0.3, -0.25) is 4.57 Å². The molecule has 98 valence electrons. The molecule has 1 rings (SSSR count). The second-order valence-corrected chi connectivity index (χ2v) is 5.29. The molecule has 1 aromatic heterocycles. The molecule has 0 aromatic carbocycles. The van der Waals surface area contributed by atoms with Crippen LogP contribution in [0.3, 0.4) is 0 Å². The number of hydrogen-bond donors (Lipinski definition) is 2. The minimum atomic E-state index is -0.119. The van der Waals surface area contributed by atoms with Crippen molar-refractivity contribution < 1.29 is 0 Å². The Bertz CT molecular complexity index is 372. The van der Waals surface area contributed by atoms with Gasteiger partial charge in [0.05, 0.1) is 0 Å². The number of aromatic nitrogens is 3. The summed E-state index contributed by atoms with van der Waals surface area (Å²) in [6.07, 6.45) is 2.25. The summed E-state index contributed by atoms with van der Waals surface area (Å²) in [5.74, 6) is 0.980. The minimum absolute atomic E-state index is 0.119. The summed E-state index contributed by atoms with van der Waals surface area (Å²) in [7, 11) is 0. The third kappa shape index (κ3) is 4.55. The van der Waals surface area contributed by atoms with Crippen molar-refractivity contribution in [2.24, 2.45) is 0 Å². The summed E-state index contributed by atoms with van der Waals surface area (Å²) in [4.78, 5) is 11.5. The highest BCUT2D eigenvalue weighted by molar-refractivity contribution is 7.99. The van der Waals surface area contributed by atoms with Crippen LogP contribution in [0.15, 0.2) is 9.95 Å². The summed E-state index contributed by atoms with van der Waals surface area (Å²) in [5, 5.41) is 10.7. The lowest BCUT2D eigenvalue weighted by molar-refractivity contribution is 0.534. The predicted octanol–water partition coefficient (Wildman–Crippen LogP) is 1.63. The van der Waals surface area contributed by atoms with Crippen molar-refractivity contribution in [3.05, 3.63) is 10.5 Å². The Hall–Kier alpha value is -0.750. The molecule has 0 aliphatic heterocycles. The molecule has 1 aromatic rings. The zero-order valence-electron chi connectivity index (χ0n) is 10.8. The standard InChI is InChI=1S/C11H22N4OS/c1-4-6-12-7-5-8-17-11-14-13-10(16)15(11)9(2)3/h9,12H,4-8H2,1-3H3,(H,13,16). The van der Waals surface area contributed by atoms with E-state index in [1.807, 2.05) is 13.8 Å². The van der Waals surface area contributed by atoms with Gasteiger partial charge >= 0.3 is 5.69 Å². The van der Waals surface area contributed by atoms with E-state index in [2.05, 4.69) is 22.4 Å². The Labute approximate surface area is 106 Å². The first-order valence-electron chi connectivity index (χ1n) is 6.17. The molecule has 6 heteroatoms. The molecule has 0 bridgehead atoms. The van der Waals surface area contributed by atoms with Crippen LogP contribution in [0.5, 0.6) is 0 Å². The number of thioether (sulfide) groups is 1. The van der Waals surface area contributed by atoms with Crippen molar-refractivity contribution in [3.8, 4) is 0 Å². The molecule has 0 aliphatic rings. The van der Waals surface area contributed by atoms with E-state index in [0.29, 0.717) is 0 Å². The van der Waals surface area contributed by atoms with Gasteiger partial charge in [-0.25, -0.2) is 9.89 Å². The highest BCUT2D eigenvalue weighted by Crippen LogP contribution is 2.17. The van der Waals surface area contributed by atoms with E-state index in [9.17, 15) is 4.79 Å². The number of aromatic amines is 1. The molecule has 17 heavy (non-hydrogen) atoms. The Balaban J connectivity index is 2.34. The first kappa shape index (κ1) is 14.3. The van der Waals surface area contributed by atoms with Crippen LogP contribution in [-0.4, -0.2) is 33.6 Å². The maximum Gasteiger partial charge on any atom is 0.344 e. The van der Waals surface area contributed by atoms with E-state index in [-0.39, 0.29) is 11.7 Å². The quantitative estimate of drug-likeness (QED) is 0.549. The number of rotatable bonds is 8. The van der Waals surface area contributed by atoms with Crippen molar-refractivity contribution in [1.29, 1.82) is 0 Å². The monoisotopic (exact) mass is 258 g/mol. The van der Waals surface area contributed by atoms with Crippen molar-refractivity contribution in [2.45, 2.75) is 44.8 Å². The molecule has 1 heterocycles.